The van der Waals surface area contributed by atoms with Crippen LogP contribution in [-0.4, -0.2) is 11.3 Å². The second-order valence-electron chi connectivity index (χ2n) is 3.24. The molecule has 1 heterocycles. The van der Waals surface area contributed by atoms with Gasteiger partial charge in [0.2, 0.25) is 0 Å². The Morgan fingerprint density at radius 3 is 2.73 bits per heavy atom. The molecule has 0 aliphatic carbocycles. The number of aryl methyl sites for hydroxylation is 1. The van der Waals surface area contributed by atoms with Crippen molar-refractivity contribution in [3.63, 3.8) is 0 Å². The fourth-order valence-electron chi connectivity index (χ4n) is 1.50. The Morgan fingerprint density at radius 2 is 2.07 bits per heavy atom. The van der Waals surface area contributed by atoms with E-state index >= 15 is 0 Å². The van der Waals surface area contributed by atoms with Crippen molar-refractivity contribution >= 4 is 17.6 Å². The van der Waals surface area contributed by atoms with Crippen LogP contribution in [0, 0.1) is 6.92 Å². The molecule has 0 radical (unpaired) electrons. The summed E-state index contributed by atoms with van der Waals surface area (Å²) in [6.45, 7) is 1.96. The van der Waals surface area contributed by atoms with Crippen molar-refractivity contribution in [3.05, 3.63) is 40.2 Å². The van der Waals surface area contributed by atoms with E-state index in [-0.39, 0.29) is 0 Å². The van der Waals surface area contributed by atoms with Gasteiger partial charge in [0.15, 0.2) is 0 Å². The van der Waals surface area contributed by atoms with Gasteiger partial charge in [-0.25, -0.2) is 4.98 Å². The van der Waals surface area contributed by atoms with Gasteiger partial charge in [-0.3, -0.25) is 0 Å². The number of benzene rings is 1. The molecule has 2 aromatic rings. The van der Waals surface area contributed by atoms with Crippen molar-refractivity contribution in [1.29, 1.82) is 0 Å². The monoisotopic (exact) mass is 217 g/mol. The molecule has 2 rings (SSSR count). The smallest absolute Gasteiger partial charge is 0.125 e. The molecule has 3 heteroatoms. The van der Waals surface area contributed by atoms with Crippen LogP contribution >= 0.6 is 11.3 Å². The third-order valence-electron chi connectivity index (χ3n) is 2.12. The van der Waals surface area contributed by atoms with Crippen LogP contribution in [0.5, 0.6) is 0 Å². The van der Waals surface area contributed by atoms with Gasteiger partial charge in [0.05, 0.1) is 10.7 Å². The minimum atomic E-state index is 0.454. The highest BCUT2D eigenvalue weighted by atomic mass is 32.1. The molecule has 0 saturated carbocycles. The summed E-state index contributed by atoms with van der Waals surface area (Å²) in [5.41, 5.74) is 2.03. The number of nitrogens with zero attached hydrogens (tertiary/aromatic N) is 1. The standard InChI is InChI=1S/C12H11NOS/c1-9-13-12(11(15-9)7-8-14)10-5-3-2-4-6-10/h2-6,8H,7H2,1H3. The number of hydrogen-bond donors (Lipinski definition) is 0. The SMILES string of the molecule is Cc1nc(-c2ccccc2)c(CC=O)s1. The lowest BCUT2D eigenvalue weighted by molar-refractivity contribution is -0.107. The molecule has 0 unspecified atom stereocenters. The van der Waals surface area contributed by atoms with E-state index in [0.29, 0.717) is 6.42 Å². The Labute approximate surface area is 92.6 Å². The van der Waals surface area contributed by atoms with Gasteiger partial charge in [0.1, 0.15) is 6.29 Å². The zero-order valence-corrected chi connectivity index (χ0v) is 9.25. The lowest BCUT2D eigenvalue weighted by atomic mass is 10.1. The van der Waals surface area contributed by atoms with E-state index in [0.717, 1.165) is 27.4 Å². The third kappa shape index (κ3) is 2.13. The van der Waals surface area contributed by atoms with E-state index in [1.54, 1.807) is 11.3 Å². The molecular weight excluding hydrogens is 206 g/mol. The van der Waals surface area contributed by atoms with E-state index in [1.165, 1.54) is 0 Å². The third-order valence-corrected chi connectivity index (χ3v) is 3.11. The highest BCUT2D eigenvalue weighted by Crippen LogP contribution is 2.27. The van der Waals surface area contributed by atoms with Gasteiger partial charge in [0.25, 0.3) is 0 Å². The van der Waals surface area contributed by atoms with Crippen LogP contribution in [0.25, 0.3) is 11.3 Å². The molecule has 0 aliphatic rings. The van der Waals surface area contributed by atoms with Gasteiger partial charge >= 0.3 is 0 Å². The lowest BCUT2D eigenvalue weighted by Crippen LogP contribution is -1.86. The van der Waals surface area contributed by atoms with Crippen LogP contribution in [0.4, 0.5) is 0 Å². The van der Waals surface area contributed by atoms with Crippen LogP contribution < -0.4 is 0 Å². The van der Waals surface area contributed by atoms with Crippen LogP contribution in [0.2, 0.25) is 0 Å². The molecular formula is C12H11NOS. The molecule has 0 saturated heterocycles. The molecule has 0 fully saturated rings. The summed E-state index contributed by atoms with van der Waals surface area (Å²) in [6.07, 6.45) is 1.38. The Bertz CT molecular complexity index is 462. The number of aromatic nitrogens is 1. The number of rotatable bonds is 3. The van der Waals surface area contributed by atoms with Crippen molar-refractivity contribution < 1.29 is 4.79 Å². The lowest BCUT2D eigenvalue weighted by Gasteiger charge is -1.98. The summed E-state index contributed by atoms with van der Waals surface area (Å²) in [6, 6.07) is 9.97. The van der Waals surface area contributed by atoms with Crippen LogP contribution in [0.3, 0.4) is 0 Å². The average molecular weight is 217 g/mol. The van der Waals surface area contributed by atoms with Crippen LogP contribution in [0.1, 0.15) is 9.88 Å². The van der Waals surface area contributed by atoms with Crippen molar-refractivity contribution in [3.8, 4) is 11.3 Å². The first-order chi connectivity index (χ1) is 7.31. The Balaban J connectivity index is 2.47. The maximum atomic E-state index is 10.5. The second kappa shape index (κ2) is 4.36. The Kier molecular flexibility index (Phi) is 2.92. The second-order valence-corrected chi connectivity index (χ2v) is 4.53. The van der Waals surface area contributed by atoms with Crippen LogP contribution in [0.15, 0.2) is 30.3 Å². The number of thiazole rings is 1. The molecule has 2 nitrogen and oxygen atoms in total. The van der Waals surface area contributed by atoms with E-state index in [1.807, 2.05) is 37.3 Å². The summed E-state index contributed by atoms with van der Waals surface area (Å²) in [7, 11) is 0. The van der Waals surface area contributed by atoms with Crippen molar-refractivity contribution in [2.24, 2.45) is 0 Å². The van der Waals surface area contributed by atoms with Gasteiger partial charge in [-0.2, -0.15) is 0 Å². The van der Waals surface area contributed by atoms with Gasteiger partial charge in [-0.1, -0.05) is 30.3 Å². The molecule has 0 aliphatic heterocycles. The molecule has 0 N–H and O–H groups in total. The van der Waals surface area contributed by atoms with Gasteiger partial charge in [-0.05, 0) is 6.92 Å². The largest absolute Gasteiger partial charge is 0.303 e. The first kappa shape index (κ1) is 10.1. The fourth-order valence-corrected chi connectivity index (χ4v) is 2.41. The van der Waals surface area contributed by atoms with E-state index < -0.39 is 0 Å². The zero-order chi connectivity index (χ0) is 10.7. The van der Waals surface area contributed by atoms with Gasteiger partial charge in [0, 0.05) is 16.9 Å². The molecule has 0 atom stereocenters. The van der Waals surface area contributed by atoms with Crippen LogP contribution in [-0.2, 0) is 11.2 Å². The van der Waals surface area contributed by atoms with E-state index in [2.05, 4.69) is 4.98 Å². The highest BCUT2D eigenvalue weighted by Gasteiger charge is 2.09. The molecule has 1 aromatic heterocycles. The van der Waals surface area contributed by atoms with Crippen molar-refractivity contribution in [1.82, 2.24) is 4.98 Å². The first-order valence-corrected chi connectivity index (χ1v) is 5.58. The Morgan fingerprint density at radius 1 is 1.33 bits per heavy atom. The summed E-state index contributed by atoms with van der Waals surface area (Å²) in [5, 5.41) is 1.01. The molecule has 0 amide bonds. The maximum absolute atomic E-state index is 10.5. The highest BCUT2D eigenvalue weighted by molar-refractivity contribution is 7.12. The topological polar surface area (TPSA) is 30.0 Å². The summed E-state index contributed by atoms with van der Waals surface area (Å²) in [4.78, 5) is 16.1. The van der Waals surface area contributed by atoms with E-state index in [4.69, 9.17) is 0 Å². The zero-order valence-electron chi connectivity index (χ0n) is 8.43. The summed E-state index contributed by atoms with van der Waals surface area (Å²) >= 11 is 1.59. The van der Waals surface area contributed by atoms with E-state index in [9.17, 15) is 4.79 Å². The maximum Gasteiger partial charge on any atom is 0.125 e. The molecule has 0 bridgehead atoms. The summed E-state index contributed by atoms with van der Waals surface area (Å²) in [5.74, 6) is 0. The number of carbonyl (C=O) groups excluding carboxylic acids is 1. The molecule has 15 heavy (non-hydrogen) atoms. The molecule has 1 aromatic carbocycles. The predicted octanol–water partition coefficient (Wildman–Crippen LogP) is 2.86. The Hall–Kier alpha value is -1.48. The van der Waals surface area contributed by atoms with Gasteiger partial charge in [-0.15, -0.1) is 11.3 Å². The predicted molar refractivity (Wildman–Crippen MR) is 62.1 cm³/mol. The minimum Gasteiger partial charge on any atom is -0.303 e. The average Bonchev–Trinajstić information content (AvgIpc) is 2.62. The number of hydrogen-bond acceptors (Lipinski definition) is 3. The number of carbonyl (C=O) groups is 1. The quantitative estimate of drug-likeness (QED) is 0.740. The fraction of sp³-hybridized carbons (Fsp3) is 0.167. The molecule has 76 valence electrons. The molecule has 0 spiro atoms. The minimum absolute atomic E-state index is 0.454. The first-order valence-electron chi connectivity index (χ1n) is 4.76. The van der Waals surface area contributed by atoms with Crippen molar-refractivity contribution in [2.75, 3.05) is 0 Å². The van der Waals surface area contributed by atoms with Gasteiger partial charge < -0.3 is 4.79 Å². The summed E-state index contributed by atoms with van der Waals surface area (Å²) < 4.78 is 0. The number of aldehydes is 1. The van der Waals surface area contributed by atoms with Crippen molar-refractivity contribution in [2.45, 2.75) is 13.3 Å². The normalized spacial score (nSPS) is 10.2.